The highest BCUT2D eigenvalue weighted by atomic mass is 35.5. The number of rotatable bonds is 8. The van der Waals surface area contributed by atoms with Gasteiger partial charge in [0, 0.05) is 24.2 Å². The van der Waals surface area contributed by atoms with Crippen LogP contribution in [0, 0.1) is 6.92 Å². The van der Waals surface area contributed by atoms with Crippen LogP contribution >= 0.6 is 23.2 Å². The molecule has 0 spiro atoms. The summed E-state index contributed by atoms with van der Waals surface area (Å²) < 4.78 is 0. The Morgan fingerprint density at radius 1 is 1.09 bits per heavy atom. The summed E-state index contributed by atoms with van der Waals surface area (Å²) >= 11 is 13.1. The van der Waals surface area contributed by atoms with E-state index in [0.29, 0.717) is 18.5 Å². The molecule has 35 heavy (non-hydrogen) atoms. The zero-order valence-electron chi connectivity index (χ0n) is 20.8. The standard InChI is InChI=1S/C28H37Cl2N3O2/c1-19-5-7-24(26(30)16-19)20(2)31-27-17-22(6-8-25(27)29)21-9-14-33(15-10-21)23-4-3-12-32(18-23)13-11-28(34)35/h5-8,16-17,20-21,23,31H,3-4,9-15,18H2,1-2H3,(H,34,35)/t20-,23+/m1/s1. The van der Waals surface area contributed by atoms with Crippen LogP contribution in [-0.2, 0) is 4.79 Å². The number of hydrogen-bond acceptors (Lipinski definition) is 4. The number of hydrogen-bond donors (Lipinski definition) is 2. The maximum atomic E-state index is 10.9. The Morgan fingerprint density at radius 3 is 2.57 bits per heavy atom. The van der Waals surface area contributed by atoms with E-state index in [4.69, 9.17) is 28.3 Å². The van der Waals surface area contributed by atoms with Gasteiger partial charge in [0.25, 0.3) is 0 Å². The summed E-state index contributed by atoms with van der Waals surface area (Å²) in [6, 6.07) is 13.2. The summed E-state index contributed by atoms with van der Waals surface area (Å²) in [5.41, 5.74) is 4.51. The van der Waals surface area contributed by atoms with Crippen LogP contribution in [0.3, 0.4) is 0 Å². The van der Waals surface area contributed by atoms with E-state index in [1.54, 1.807) is 0 Å². The Balaban J connectivity index is 1.35. The van der Waals surface area contributed by atoms with Gasteiger partial charge in [0.05, 0.1) is 23.2 Å². The average Bonchev–Trinajstić information content (AvgIpc) is 2.84. The molecule has 2 N–H and O–H groups in total. The third kappa shape index (κ3) is 6.91. The van der Waals surface area contributed by atoms with Gasteiger partial charge in [0.2, 0.25) is 0 Å². The molecular weight excluding hydrogens is 481 g/mol. The van der Waals surface area contributed by atoms with Gasteiger partial charge in [0.15, 0.2) is 0 Å². The number of nitrogens with zero attached hydrogens (tertiary/aromatic N) is 2. The molecule has 7 heteroatoms. The molecule has 2 aromatic carbocycles. The third-order valence-corrected chi connectivity index (χ3v) is 8.28. The van der Waals surface area contributed by atoms with Crippen molar-refractivity contribution in [2.75, 3.05) is 38.0 Å². The fourth-order valence-electron chi connectivity index (χ4n) is 5.59. The highest BCUT2D eigenvalue weighted by Crippen LogP contribution is 2.36. The van der Waals surface area contributed by atoms with Crippen LogP contribution in [0.4, 0.5) is 5.69 Å². The first kappa shape index (κ1) is 26.3. The van der Waals surface area contributed by atoms with Crippen molar-refractivity contribution in [1.29, 1.82) is 0 Å². The molecule has 2 aliphatic rings. The molecule has 2 atom stereocenters. The van der Waals surface area contributed by atoms with Crippen LogP contribution in [0.25, 0.3) is 0 Å². The van der Waals surface area contributed by atoms with Gasteiger partial charge in [-0.2, -0.15) is 0 Å². The second kappa shape index (κ2) is 12.0. The van der Waals surface area contributed by atoms with Crippen LogP contribution in [0.1, 0.15) is 67.7 Å². The first-order chi connectivity index (χ1) is 16.8. The van der Waals surface area contributed by atoms with Gasteiger partial charge in [-0.1, -0.05) is 41.4 Å². The van der Waals surface area contributed by atoms with Gasteiger partial charge in [-0.05, 0) is 100.0 Å². The molecule has 0 saturated carbocycles. The lowest BCUT2D eigenvalue weighted by molar-refractivity contribution is -0.137. The molecule has 0 radical (unpaired) electrons. The highest BCUT2D eigenvalue weighted by molar-refractivity contribution is 6.33. The van der Waals surface area contributed by atoms with E-state index in [9.17, 15) is 4.79 Å². The minimum atomic E-state index is -0.707. The fourth-order valence-corrected chi connectivity index (χ4v) is 6.16. The van der Waals surface area contributed by atoms with Crippen molar-refractivity contribution < 1.29 is 9.90 Å². The number of aliphatic carboxylic acids is 1. The number of carboxylic acids is 1. The lowest BCUT2D eigenvalue weighted by atomic mass is 9.88. The molecular formula is C28H37Cl2N3O2. The van der Waals surface area contributed by atoms with E-state index in [1.165, 1.54) is 12.0 Å². The maximum Gasteiger partial charge on any atom is 0.304 e. The first-order valence-electron chi connectivity index (χ1n) is 12.8. The Labute approximate surface area is 219 Å². The van der Waals surface area contributed by atoms with E-state index in [1.807, 2.05) is 19.1 Å². The second-order valence-electron chi connectivity index (χ2n) is 10.2. The predicted molar refractivity (Wildman–Crippen MR) is 145 cm³/mol. The van der Waals surface area contributed by atoms with E-state index in [2.05, 4.69) is 46.3 Å². The van der Waals surface area contributed by atoms with Crippen molar-refractivity contribution in [2.24, 2.45) is 0 Å². The van der Waals surface area contributed by atoms with Crippen molar-refractivity contribution in [1.82, 2.24) is 9.80 Å². The SMILES string of the molecule is Cc1ccc([C@@H](C)Nc2cc(C3CCN([C@H]4CCCN(CCC(=O)O)C4)CC3)ccc2Cl)c(Cl)c1. The van der Waals surface area contributed by atoms with Crippen LogP contribution in [0.15, 0.2) is 36.4 Å². The number of anilines is 1. The molecule has 0 unspecified atom stereocenters. The van der Waals surface area contributed by atoms with Gasteiger partial charge < -0.3 is 15.3 Å². The van der Waals surface area contributed by atoms with Crippen molar-refractivity contribution in [3.63, 3.8) is 0 Å². The second-order valence-corrected chi connectivity index (χ2v) is 11.0. The van der Waals surface area contributed by atoms with E-state index >= 15 is 0 Å². The van der Waals surface area contributed by atoms with Crippen LogP contribution in [0.5, 0.6) is 0 Å². The Kier molecular flexibility index (Phi) is 8.98. The van der Waals surface area contributed by atoms with Gasteiger partial charge in [-0.3, -0.25) is 9.69 Å². The number of carbonyl (C=O) groups is 1. The number of benzene rings is 2. The Morgan fingerprint density at radius 2 is 1.86 bits per heavy atom. The Hall–Kier alpha value is -1.79. The Bertz CT molecular complexity index is 1020. The molecule has 0 bridgehead atoms. The monoisotopic (exact) mass is 517 g/mol. The third-order valence-electron chi connectivity index (χ3n) is 7.62. The smallest absolute Gasteiger partial charge is 0.304 e. The van der Waals surface area contributed by atoms with E-state index in [0.717, 1.165) is 72.3 Å². The van der Waals surface area contributed by atoms with Gasteiger partial charge in [-0.25, -0.2) is 0 Å². The van der Waals surface area contributed by atoms with E-state index in [-0.39, 0.29) is 12.5 Å². The zero-order valence-corrected chi connectivity index (χ0v) is 22.3. The van der Waals surface area contributed by atoms with Crippen LogP contribution < -0.4 is 5.32 Å². The average molecular weight is 519 g/mol. The number of nitrogens with one attached hydrogen (secondary N) is 1. The summed E-state index contributed by atoms with van der Waals surface area (Å²) in [7, 11) is 0. The molecule has 0 aliphatic carbocycles. The lowest BCUT2D eigenvalue weighted by Gasteiger charge is -2.42. The van der Waals surface area contributed by atoms with Gasteiger partial charge in [0.1, 0.15) is 0 Å². The van der Waals surface area contributed by atoms with Crippen molar-refractivity contribution in [3.8, 4) is 0 Å². The van der Waals surface area contributed by atoms with Gasteiger partial charge in [-0.15, -0.1) is 0 Å². The fraction of sp³-hybridized carbons (Fsp3) is 0.536. The van der Waals surface area contributed by atoms with Gasteiger partial charge >= 0.3 is 5.97 Å². The summed E-state index contributed by atoms with van der Waals surface area (Å²) in [6.07, 6.45) is 4.86. The summed E-state index contributed by atoms with van der Waals surface area (Å²) in [5, 5.41) is 14.1. The number of piperidine rings is 2. The largest absolute Gasteiger partial charge is 0.481 e. The van der Waals surface area contributed by atoms with Crippen LogP contribution in [0.2, 0.25) is 10.0 Å². The number of carboxylic acid groups (broad SMARTS) is 1. The minimum absolute atomic E-state index is 0.0491. The quantitative estimate of drug-likeness (QED) is 0.413. The normalized spacial score (nSPS) is 21.1. The predicted octanol–water partition coefficient (Wildman–Crippen LogP) is 6.59. The molecule has 2 saturated heterocycles. The summed E-state index contributed by atoms with van der Waals surface area (Å²) in [6.45, 7) is 9.01. The molecule has 2 heterocycles. The number of halogens is 2. The van der Waals surface area contributed by atoms with Crippen molar-refractivity contribution >= 4 is 34.9 Å². The highest BCUT2D eigenvalue weighted by Gasteiger charge is 2.29. The van der Waals surface area contributed by atoms with Crippen LogP contribution in [-0.4, -0.2) is 59.6 Å². The molecule has 2 aromatic rings. The summed E-state index contributed by atoms with van der Waals surface area (Å²) in [5.74, 6) is -0.185. The molecule has 4 rings (SSSR count). The number of likely N-dealkylation sites (tertiary alicyclic amines) is 2. The van der Waals surface area contributed by atoms with E-state index < -0.39 is 5.97 Å². The number of aryl methyl sites for hydroxylation is 1. The lowest BCUT2D eigenvalue weighted by Crippen LogP contribution is -2.50. The molecule has 2 fully saturated rings. The zero-order chi connectivity index (χ0) is 24.9. The minimum Gasteiger partial charge on any atom is -0.481 e. The topological polar surface area (TPSA) is 55.8 Å². The molecule has 190 valence electrons. The molecule has 0 amide bonds. The molecule has 5 nitrogen and oxygen atoms in total. The molecule has 0 aromatic heterocycles. The van der Waals surface area contributed by atoms with Crippen molar-refractivity contribution in [3.05, 3.63) is 63.1 Å². The summed E-state index contributed by atoms with van der Waals surface area (Å²) in [4.78, 5) is 15.9. The maximum absolute atomic E-state index is 10.9. The molecule has 2 aliphatic heterocycles. The van der Waals surface area contributed by atoms with Crippen molar-refractivity contribution in [2.45, 2.75) is 64.0 Å². The first-order valence-corrected chi connectivity index (χ1v) is 13.6.